The minimum absolute atomic E-state index is 0.301. The number of nitrogens with zero attached hydrogens (tertiary/aromatic N) is 1. The van der Waals surface area contributed by atoms with Crippen LogP contribution in [0.15, 0.2) is 70.0 Å². The molecule has 0 bridgehead atoms. The first-order chi connectivity index (χ1) is 14.0. The topological polar surface area (TPSA) is 77.5 Å². The quantitative estimate of drug-likeness (QED) is 0.460. The van der Waals surface area contributed by atoms with Gasteiger partial charge in [0.15, 0.2) is 5.82 Å². The van der Waals surface area contributed by atoms with Gasteiger partial charge in [-0.05, 0) is 31.1 Å². The van der Waals surface area contributed by atoms with E-state index in [1.807, 2.05) is 19.1 Å². The Bertz CT molecular complexity index is 1190. The zero-order valence-corrected chi connectivity index (χ0v) is 16.4. The first-order valence-electron chi connectivity index (χ1n) is 9.11. The van der Waals surface area contributed by atoms with Crippen molar-refractivity contribution in [2.45, 2.75) is 13.8 Å². The highest BCUT2D eigenvalue weighted by molar-refractivity contribution is 6.05. The van der Waals surface area contributed by atoms with E-state index in [1.165, 1.54) is 17.9 Å². The molecule has 6 heteroatoms. The summed E-state index contributed by atoms with van der Waals surface area (Å²) in [4.78, 5) is 12.3. The maximum atomic E-state index is 12.3. The van der Waals surface area contributed by atoms with Crippen molar-refractivity contribution in [2.24, 2.45) is 0 Å². The van der Waals surface area contributed by atoms with Crippen LogP contribution in [0.1, 0.15) is 18.1 Å². The fourth-order valence-electron chi connectivity index (χ4n) is 3.20. The van der Waals surface area contributed by atoms with Crippen LogP contribution in [0.3, 0.4) is 0 Å². The van der Waals surface area contributed by atoms with Gasteiger partial charge in [0.2, 0.25) is 5.91 Å². The van der Waals surface area contributed by atoms with Crippen molar-refractivity contribution in [3.05, 3.63) is 72.2 Å². The van der Waals surface area contributed by atoms with Gasteiger partial charge in [-0.1, -0.05) is 35.0 Å². The zero-order valence-electron chi connectivity index (χ0n) is 16.4. The monoisotopic (exact) mass is 388 g/mol. The van der Waals surface area contributed by atoms with Crippen LogP contribution < -0.4 is 10.1 Å². The molecule has 4 aromatic rings. The van der Waals surface area contributed by atoms with Crippen LogP contribution in [0.5, 0.6) is 5.75 Å². The number of methoxy groups -OCH3 is 1. The molecule has 0 radical (unpaired) electrons. The molecule has 0 spiro atoms. The summed E-state index contributed by atoms with van der Waals surface area (Å²) < 4.78 is 16.0. The predicted molar refractivity (Wildman–Crippen MR) is 112 cm³/mol. The summed E-state index contributed by atoms with van der Waals surface area (Å²) in [6.07, 6.45) is 4.65. The Kier molecular flexibility index (Phi) is 4.91. The first kappa shape index (κ1) is 18.6. The van der Waals surface area contributed by atoms with E-state index in [-0.39, 0.29) is 5.91 Å². The number of benzene rings is 2. The van der Waals surface area contributed by atoms with E-state index in [0.717, 1.165) is 33.2 Å². The molecule has 29 heavy (non-hydrogen) atoms. The second-order valence-corrected chi connectivity index (χ2v) is 6.77. The average molecular weight is 388 g/mol. The van der Waals surface area contributed by atoms with Crippen LogP contribution in [0.4, 0.5) is 5.82 Å². The summed E-state index contributed by atoms with van der Waals surface area (Å²) in [6.45, 7) is 3.91. The molecule has 0 aliphatic carbocycles. The second-order valence-electron chi connectivity index (χ2n) is 6.77. The number of fused-ring (bicyclic) bond motifs is 1. The number of furan rings is 1. The maximum absolute atomic E-state index is 12.3. The van der Waals surface area contributed by atoms with Crippen molar-refractivity contribution in [1.29, 1.82) is 0 Å². The van der Waals surface area contributed by atoms with E-state index in [0.29, 0.717) is 11.6 Å². The summed E-state index contributed by atoms with van der Waals surface area (Å²) in [5, 5.41) is 7.29. The number of ether oxygens (including phenoxy) is 1. The smallest absolute Gasteiger partial charge is 0.249 e. The molecule has 0 aliphatic rings. The van der Waals surface area contributed by atoms with Crippen molar-refractivity contribution in [1.82, 2.24) is 5.16 Å². The highest BCUT2D eigenvalue weighted by Gasteiger charge is 2.15. The van der Waals surface area contributed by atoms with Crippen molar-refractivity contribution in [2.75, 3.05) is 12.4 Å². The molecule has 4 rings (SSSR count). The molecule has 0 saturated carbocycles. The predicted octanol–water partition coefficient (Wildman–Crippen LogP) is 5.45. The lowest BCUT2D eigenvalue weighted by Gasteiger charge is -2.10. The molecule has 0 saturated heterocycles. The van der Waals surface area contributed by atoms with Crippen molar-refractivity contribution >= 4 is 28.3 Å². The summed E-state index contributed by atoms with van der Waals surface area (Å²) >= 11 is 0. The SMILES string of the molecule is COc1cc2occ(-c3ccc(C)cc3)c2cc1/C(C)=C/C(=O)Nc1ccon1. The lowest BCUT2D eigenvalue weighted by molar-refractivity contribution is -0.111. The van der Waals surface area contributed by atoms with Crippen molar-refractivity contribution < 1.29 is 18.5 Å². The lowest BCUT2D eigenvalue weighted by atomic mass is 9.99. The van der Waals surface area contributed by atoms with Crippen LogP contribution in [0.2, 0.25) is 0 Å². The Morgan fingerprint density at radius 2 is 1.97 bits per heavy atom. The Morgan fingerprint density at radius 3 is 2.66 bits per heavy atom. The number of carbonyl (C=O) groups excluding carboxylic acids is 1. The highest BCUT2D eigenvalue weighted by Crippen LogP contribution is 2.37. The zero-order chi connectivity index (χ0) is 20.4. The van der Waals surface area contributed by atoms with Gasteiger partial charge in [-0.15, -0.1) is 0 Å². The van der Waals surface area contributed by atoms with Crippen LogP contribution in [-0.4, -0.2) is 18.2 Å². The molecular weight excluding hydrogens is 368 g/mol. The molecule has 0 atom stereocenters. The number of rotatable bonds is 5. The third kappa shape index (κ3) is 3.78. The second kappa shape index (κ2) is 7.67. The van der Waals surface area contributed by atoms with Crippen LogP contribution in [0, 0.1) is 6.92 Å². The summed E-state index contributed by atoms with van der Waals surface area (Å²) in [7, 11) is 1.59. The average Bonchev–Trinajstić information content (AvgIpc) is 3.36. The fraction of sp³-hybridized carbons (Fsp3) is 0.130. The van der Waals surface area contributed by atoms with Gasteiger partial charge in [0.05, 0.1) is 13.4 Å². The first-order valence-corrected chi connectivity index (χ1v) is 9.11. The number of aromatic nitrogens is 1. The van der Waals surface area contributed by atoms with Gasteiger partial charge >= 0.3 is 0 Å². The van der Waals surface area contributed by atoms with Crippen molar-refractivity contribution in [3.8, 4) is 16.9 Å². The highest BCUT2D eigenvalue weighted by atomic mass is 16.5. The van der Waals surface area contributed by atoms with Gasteiger partial charge in [0.1, 0.15) is 17.6 Å². The van der Waals surface area contributed by atoms with Crippen LogP contribution in [-0.2, 0) is 4.79 Å². The van der Waals surface area contributed by atoms with Gasteiger partial charge in [0.25, 0.3) is 0 Å². The number of carbonyl (C=O) groups is 1. The summed E-state index contributed by atoms with van der Waals surface area (Å²) in [5.74, 6) is 0.688. The third-order valence-corrected chi connectivity index (χ3v) is 4.72. The molecule has 2 heterocycles. The van der Waals surface area contributed by atoms with Gasteiger partial charge in [0, 0.05) is 34.7 Å². The van der Waals surface area contributed by atoms with Gasteiger partial charge < -0.3 is 19.0 Å². The molecule has 0 aliphatic heterocycles. The molecule has 2 aromatic carbocycles. The number of hydrogen-bond donors (Lipinski definition) is 1. The normalized spacial score (nSPS) is 11.6. The molecule has 0 unspecified atom stereocenters. The number of amides is 1. The molecule has 0 fully saturated rings. The molecule has 2 aromatic heterocycles. The molecule has 1 N–H and O–H groups in total. The fourth-order valence-corrected chi connectivity index (χ4v) is 3.20. The summed E-state index contributed by atoms with van der Waals surface area (Å²) in [5.41, 5.74) is 5.53. The Morgan fingerprint density at radius 1 is 1.17 bits per heavy atom. The largest absolute Gasteiger partial charge is 0.496 e. The van der Waals surface area contributed by atoms with E-state index in [1.54, 1.807) is 19.4 Å². The van der Waals surface area contributed by atoms with Gasteiger partial charge in [-0.2, -0.15) is 0 Å². The minimum atomic E-state index is -0.301. The lowest BCUT2D eigenvalue weighted by Crippen LogP contribution is -2.08. The Hall–Kier alpha value is -3.80. The molecule has 6 nitrogen and oxygen atoms in total. The van der Waals surface area contributed by atoms with E-state index in [9.17, 15) is 4.79 Å². The van der Waals surface area contributed by atoms with Crippen LogP contribution >= 0.6 is 0 Å². The number of anilines is 1. The third-order valence-electron chi connectivity index (χ3n) is 4.72. The number of aryl methyl sites for hydroxylation is 1. The van der Waals surface area contributed by atoms with Crippen molar-refractivity contribution in [3.63, 3.8) is 0 Å². The molecule has 146 valence electrons. The van der Waals surface area contributed by atoms with E-state index < -0.39 is 0 Å². The Balaban J connectivity index is 1.74. The summed E-state index contributed by atoms with van der Waals surface area (Å²) in [6, 6.07) is 13.7. The number of allylic oxidation sites excluding steroid dienone is 1. The molecular formula is C23H20N2O4. The van der Waals surface area contributed by atoms with E-state index in [2.05, 4.69) is 41.7 Å². The minimum Gasteiger partial charge on any atom is -0.496 e. The molecule has 1 amide bonds. The van der Waals surface area contributed by atoms with Gasteiger partial charge in [-0.3, -0.25) is 4.79 Å². The van der Waals surface area contributed by atoms with Gasteiger partial charge in [-0.25, -0.2) is 0 Å². The van der Waals surface area contributed by atoms with E-state index in [4.69, 9.17) is 13.7 Å². The standard InChI is InChI=1S/C23H20N2O4/c1-14-4-6-16(7-5-14)19-13-28-21-12-20(27-3)17(11-18(19)21)15(2)10-23(26)24-22-8-9-29-25-22/h4-13H,1-3H3,(H,24,25,26)/b15-10+. The number of hydrogen-bond acceptors (Lipinski definition) is 5. The Labute approximate surface area is 167 Å². The van der Waals surface area contributed by atoms with E-state index >= 15 is 0 Å². The maximum Gasteiger partial charge on any atom is 0.249 e. The number of nitrogens with one attached hydrogen (secondary N) is 1. The van der Waals surface area contributed by atoms with Crippen LogP contribution in [0.25, 0.3) is 27.7 Å².